The van der Waals surface area contributed by atoms with Gasteiger partial charge in [0.05, 0.1) is 13.0 Å². The fraction of sp³-hybridized carbons (Fsp3) is 0.647. The van der Waals surface area contributed by atoms with Gasteiger partial charge >= 0.3 is 5.97 Å². The average Bonchev–Trinajstić information content (AvgIpc) is 2.71. The van der Waals surface area contributed by atoms with E-state index in [1.165, 1.54) is 11.8 Å². The number of amides is 5. The second-order valence-corrected chi connectivity index (χ2v) is 7.75. The van der Waals surface area contributed by atoms with Gasteiger partial charge in [-0.15, -0.1) is 0 Å². The van der Waals surface area contributed by atoms with Gasteiger partial charge in [0.2, 0.25) is 29.5 Å². The minimum atomic E-state index is -1.65. The molecule has 0 aromatic carbocycles. The minimum Gasteiger partial charge on any atom is -0.480 e. The number of primary amides is 2. The second kappa shape index (κ2) is 15.0. The highest BCUT2D eigenvalue weighted by Crippen LogP contribution is 2.05. The number of hydrogen-bond donors (Lipinski definition) is 8. The summed E-state index contributed by atoms with van der Waals surface area (Å²) in [6.07, 6.45) is 0.645. The summed E-state index contributed by atoms with van der Waals surface area (Å²) >= 11 is 1.38. The molecule has 0 spiro atoms. The zero-order valence-electron chi connectivity index (χ0n) is 17.5. The second-order valence-electron chi connectivity index (χ2n) is 6.77. The fourth-order valence-corrected chi connectivity index (χ4v) is 2.84. The number of thioether (sulfide) groups is 1. The molecular weight excluding hydrogens is 448 g/mol. The van der Waals surface area contributed by atoms with Crippen molar-refractivity contribution in [1.29, 1.82) is 0 Å². The van der Waals surface area contributed by atoms with Crippen molar-refractivity contribution in [2.45, 2.75) is 49.9 Å². The van der Waals surface area contributed by atoms with Crippen LogP contribution in [0.1, 0.15) is 25.7 Å². The first-order chi connectivity index (χ1) is 14.9. The molecule has 4 atom stereocenters. The molecule has 0 bridgehead atoms. The maximum absolute atomic E-state index is 12.7. The molecule has 0 aliphatic rings. The summed E-state index contributed by atoms with van der Waals surface area (Å²) in [5.41, 5.74) is 15.5. The molecular formula is C17H30N6O8S. The van der Waals surface area contributed by atoms with Gasteiger partial charge in [0.1, 0.15) is 24.2 Å². The van der Waals surface area contributed by atoms with E-state index >= 15 is 0 Å². The van der Waals surface area contributed by atoms with Crippen LogP contribution in [0.15, 0.2) is 0 Å². The third-order valence-electron chi connectivity index (χ3n) is 4.11. The number of rotatable bonds is 16. The zero-order valence-corrected chi connectivity index (χ0v) is 18.4. The predicted molar refractivity (Wildman–Crippen MR) is 114 cm³/mol. The Labute approximate surface area is 188 Å². The lowest BCUT2D eigenvalue weighted by Gasteiger charge is -2.24. The van der Waals surface area contributed by atoms with Crippen LogP contribution in [0.3, 0.4) is 0 Å². The van der Waals surface area contributed by atoms with Crippen molar-refractivity contribution in [3.8, 4) is 0 Å². The lowest BCUT2D eigenvalue weighted by atomic mass is 10.1. The van der Waals surface area contributed by atoms with Crippen LogP contribution in [0.25, 0.3) is 0 Å². The van der Waals surface area contributed by atoms with Gasteiger partial charge in [-0.25, -0.2) is 4.79 Å². The normalized spacial score (nSPS) is 14.3. The third-order valence-corrected chi connectivity index (χ3v) is 4.75. The van der Waals surface area contributed by atoms with Gasteiger partial charge < -0.3 is 43.4 Å². The van der Waals surface area contributed by atoms with Crippen LogP contribution in [0.4, 0.5) is 0 Å². The Morgan fingerprint density at radius 1 is 0.844 bits per heavy atom. The molecule has 182 valence electrons. The lowest BCUT2D eigenvalue weighted by Crippen LogP contribution is -2.57. The van der Waals surface area contributed by atoms with Gasteiger partial charge in [0.15, 0.2) is 0 Å². The molecule has 0 heterocycles. The van der Waals surface area contributed by atoms with E-state index in [9.17, 15) is 28.8 Å². The van der Waals surface area contributed by atoms with E-state index in [4.69, 9.17) is 27.4 Å². The Morgan fingerprint density at radius 2 is 1.34 bits per heavy atom. The molecule has 14 nitrogen and oxygen atoms in total. The molecule has 5 amide bonds. The van der Waals surface area contributed by atoms with Gasteiger partial charge in [-0.3, -0.25) is 24.0 Å². The Hall–Kier alpha value is -2.91. The van der Waals surface area contributed by atoms with Crippen molar-refractivity contribution in [2.24, 2.45) is 17.2 Å². The summed E-state index contributed by atoms with van der Waals surface area (Å²) in [4.78, 5) is 70.7. The molecule has 0 saturated heterocycles. The molecule has 0 rings (SSSR count). The molecule has 0 aliphatic heterocycles. The first-order valence-corrected chi connectivity index (χ1v) is 10.9. The van der Waals surface area contributed by atoms with Crippen LogP contribution in [0.2, 0.25) is 0 Å². The SMILES string of the molecule is CSCCC(NC(=O)C(N)CO)C(=O)NC(CCC(N)=O)C(=O)NC(CC(N)=O)C(=O)O. The molecule has 0 radical (unpaired) electrons. The van der Waals surface area contributed by atoms with Crippen LogP contribution >= 0.6 is 11.8 Å². The van der Waals surface area contributed by atoms with Crippen molar-refractivity contribution in [2.75, 3.05) is 18.6 Å². The number of carboxylic acid groups (broad SMARTS) is 1. The van der Waals surface area contributed by atoms with E-state index in [1.807, 2.05) is 0 Å². The highest BCUT2D eigenvalue weighted by molar-refractivity contribution is 7.98. The van der Waals surface area contributed by atoms with E-state index < -0.39 is 72.7 Å². The number of nitrogens with one attached hydrogen (secondary N) is 3. The Bertz CT molecular complexity index is 707. The van der Waals surface area contributed by atoms with Crippen molar-refractivity contribution in [1.82, 2.24) is 16.0 Å². The summed E-state index contributed by atoms with van der Waals surface area (Å²) in [5, 5.41) is 24.9. The minimum absolute atomic E-state index is 0.153. The largest absolute Gasteiger partial charge is 0.480 e. The van der Waals surface area contributed by atoms with E-state index in [2.05, 4.69) is 16.0 Å². The maximum Gasteiger partial charge on any atom is 0.326 e. The van der Waals surface area contributed by atoms with Crippen molar-refractivity contribution < 1.29 is 39.0 Å². The molecule has 0 aliphatic carbocycles. The number of nitrogens with two attached hydrogens (primary N) is 3. The van der Waals surface area contributed by atoms with Gasteiger partial charge in [-0.2, -0.15) is 11.8 Å². The number of hydrogen-bond acceptors (Lipinski definition) is 9. The third kappa shape index (κ3) is 11.5. The molecule has 15 heteroatoms. The fourth-order valence-electron chi connectivity index (χ4n) is 2.37. The predicted octanol–water partition coefficient (Wildman–Crippen LogP) is -4.26. The van der Waals surface area contributed by atoms with Gasteiger partial charge in [-0.1, -0.05) is 0 Å². The molecule has 0 aromatic heterocycles. The number of carbonyl (C=O) groups excluding carboxylic acids is 5. The molecule has 4 unspecified atom stereocenters. The van der Waals surface area contributed by atoms with Crippen molar-refractivity contribution in [3.63, 3.8) is 0 Å². The Kier molecular flexibility index (Phi) is 13.6. The number of carbonyl (C=O) groups is 6. The highest BCUT2D eigenvalue weighted by atomic mass is 32.2. The van der Waals surface area contributed by atoms with Crippen LogP contribution in [-0.4, -0.2) is 88.5 Å². The van der Waals surface area contributed by atoms with Crippen molar-refractivity contribution in [3.05, 3.63) is 0 Å². The standard InChI is InChI=1S/C17H30N6O8S/c1-32-5-4-10(21-14(27)8(18)7-24)16(29)22-9(2-3-12(19)25)15(28)23-11(17(30)31)6-13(20)26/h8-11,24H,2-7,18H2,1H3,(H2,19,25)(H2,20,26)(H,21,27)(H,22,29)(H,23,28)(H,30,31). The Morgan fingerprint density at radius 3 is 1.78 bits per heavy atom. The lowest BCUT2D eigenvalue weighted by molar-refractivity contribution is -0.144. The topological polar surface area (TPSA) is 257 Å². The molecule has 11 N–H and O–H groups in total. The van der Waals surface area contributed by atoms with Gasteiger partial charge in [-0.05, 0) is 24.9 Å². The number of carboxylic acids is 1. The molecule has 0 aromatic rings. The summed E-state index contributed by atoms with van der Waals surface area (Å²) in [6, 6.07) is -5.44. The Balaban J connectivity index is 5.50. The van der Waals surface area contributed by atoms with Crippen LogP contribution in [-0.2, 0) is 28.8 Å². The number of aliphatic hydroxyl groups is 1. The number of aliphatic hydroxyl groups excluding tert-OH is 1. The van der Waals surface area contributed by atoms with Crippen LogP contribution in [0.5, 0.6) is 0 Å². The van der Waals surface area contributed by atoms with E-state index in [0.29, 0.717) is 5.75 Å². The smallest absolute Gasteiger partial charge is 0.326 e. The first-order valence-electron chi connectivity index (χ1n) is 9.48. The van der Waals surface area contributed by atoms with Gasteiger partial charge in [0, 0.05) is 6.42 Å². The van der Waals surface area contributed by atoms with Crippen LogP contribution in [0, 0.1) is 0 Å². The average molecular weight is 479 g/mol. The van der Waals surface area contributed by atoms with Crippen LogP contribution < -0.4 is 33.2 Å². The number of aliphatic carboxylic acids is 1. The molecule has 0 fully saturated rings. The zero-order chi connectivity index (χ0) is 24.8. The van der Waals surface area contributed by atoms with E-state index in [-0.39, 0.29) is 19.3 Å². The maximum atomic E-state index is 12.7. The summed E-state index contributed by atoms with van der Waals surface area (Å²) in [7, 11) is 0. The summed E-state index contributed by atoms with van der Waals surface area (Å²) in [6.45, 7) is -0.650. The molecule has 0 saturated carbocycles. The quantitative estimate of drug-likeness (QED) is 0.106. The van der Waals surface area contributed by atoms with E-state index in [0.717, 1.165) is 0 Å². The van der Waals surface area contributed by atoms with Gasteiger partial charge in [0.25, 0.3) is 0 Å². The highest BCUT2D eigenvalue weighted by Gasteiger charge is 2.30. The summed E-state index contributed by atoms with van der Waals surface area (Å²) in [5.74, 6) is -5.41. The molecule has 32 heavy (non-hydrogen) atoms. The van der Waals surface area contributed by atoms with Crippen molar-refractivity contribution >= 4 is 47.3 Å². The monoisotopic (exact) mass is 478 g/mol. The van der Waals surface area contributed by atoms with E-state index in [1.54, 1.807) is 6.26 Å². The first kappa shape index (κ1) is 29.1. The summed E-state index contributed by atoms with van der Waals surface area (Å²) < 4.78 is 0.